The summed E-state index contributed by atoms with van der Waals surface area (Å²) in [6.45, 7) is -0.155. The molecule has 8 heteroatoms. The number of benzene rings is 1. The van der Waals surface area contributed by atoms with Gasteiger partial charge in [-0.3, -0.25) is 4.79 Å². The van der Waals surface area contributed by atoms with Crippen LogP contribution in [0.15, 0.2) is 17.0 Å². The number of carbonyl (C=O) groups is 2. The molecule has 0 bridgehead atoms. The number of hydrogen-bond acceptors (Lipinski definition) is 4. The minimum Gasteiger partial charge on any atom is -0.479 e. The number of methoxy groups -OCH3 is 1. The molecule has 0 aliphatic heterocycles. The van der Waals surface area contributed by atoms with Gasteiger partial charge in [0.15, 0.2) is 6.10 Å². The van der Waals surface area contributed by atoms with Crippen LogP contribution in [-0.2, 0) is 9.53 Å². The number of rotatable bonds is 6. The highest BCUT2D eigenvalue weighted by Crippen LogP contribution is 2.31. The fraction of sp³-hybridized carbons (Fsp3) is 0.333. The molecule has 1 aromatic carbocycles. The quantitative estimate of drug-likeness (QED) is 0.780. The molecule has 2 N–H and O–H groups in total. The zero-order valence-electron chi connectivity index (χ0n) is 10.8. The molecule has 1 rings (SSSR count). The van der Waals surface area contributed by atoms with Gasteiger partial charge in [0.05, 0.1) is 22.2 Å². The lowest BCUT2D eigenvalue weighted by atomic mass is 10.2. The number of thioether (sulfide) groups is 1. The van der Waals surface area contributed by atoms with E-state index in [2.05, 4.69) is 5.32 Å². The highest BCUT2D eigenvalue weighted by molar-refractivity contribution is 7.98. The largest absolute Gasteiger partial charge is 0.479 e. The first kappa shape index (κ1) is 17.1. The molecule has 0 aliphatic rings. The van der Waals surface area contributed by atoms with Gasteiger partial charge in [0.2, 0.25) is 0 Å². The van der Waals surface area contributed by atoms with Crippen LogP contribution in [0, 0.1) is 0 Å². The summed E-state index contributed by atoms with van der Waals surface area (Å²) in [5.41, 5.74) is 0.237. The Morgan fingerprint density at radius 1 is 1.40 bits per heavy atom. The Kier molecular flexibility index (Phi) is 6.61. The molecule has 0 fully saturated rings. The van der Waals surface area contributed by atoms with Crippen LogP contribution in [0.2, 0.25) is 10.0 Å². The molecule has 0 saturated carbocycles. The van der Waals surface area contributed by atoms with E-state index >= 15 is 0 Å². The van der Waals surface area contributed by atoms with E-state index in [1.165, 1.54) is 24.9 Å². The van der Waals surface area contributed by atoms with Crippen molar-refractivity contribution in [3.63, 3.8) is 0 Å². The van der Waals surface area contributed by atoms with E-state index in [0.29, 0.717) is 9.92 Å². The summed E-state index contributed by atoms with van der Waals surface area (Å²) in [6.07, 6.45) is 0.715. The second-order valence-electron chi connectivity index (χ2n) is 3.74. The Bertz CT molecular complexity index is 524. The minimum absolute atomic E-state index is 0.155. The number of halogens is 2. The van der Waals surface area contributed by atoms with Crippen molar-refractivity contribution in [2.24, 2.45) is 0 Å². The Morgan fingerprint density at radius 3 is 2.55 bits per heavy atom. The number of nitrogens with one attached hydrogen (secondary N) is 1. The lowest BCUT2D eigenvalue weighted by Crippen LogP contribution is -2.37. The van der Waals surface area contributed by atoms with Crippen LogP contribution >= 0.6 is 35.0 Å². The van der Waals surface area contributed by atoms with Crippen LogP contribution in [-0.4, -0.2) is 43.0 Å². The van der Waals surface area contributed by atoms with E-state index in [1.807, 2.05) is 6.26 Å². The third kappa shape index (κ3) is 4.28. The number of carboxylic acids is 1. The van der Waals surface area contributed by atoms with Crippen molar-refractivity contribution in [1.82, 2.24) is 5.32 Å². The number of ether oxygens (including phenoxy) is 1. The molecule has 0 heterocycles. The number of carbonyl (C=O) groups excluding carboxylic acids is 1. The van der Waals surface area contributed by atoms with E-state index in [4.69, 9.17) is 33.0 Å². The summed E-state index contributed by atoms with van der Waals surface area (Å²) >= 11 is 13.3. The van der Waals surface area contributed by atoms with Gasteiger partial charge in [0.1, 0.15) is 0 Å². The summed E-state index contributed by atoms with van der Waals surface area (Å²) in [5.74, 6) is -1.63. The van der Waals surface area contributed by atoms with Gasteiger partial charge in [-0.25, -0.2) is 4.79 Å². The maximum absolute atomic E-state index is 12.0. The van der Waals surface area contributed by atoms with Gasteiger partial charge < -0.3 is 15.2 Å². The molecule has 1 unspecified atom stereocenters. The predicted octanol–water partition coefficient (Wildman–Crippen LogP) is 2.54. The van der Waals surface area contributed by atoms with Crippen LogP contribution in [0.3, 0.4) is 0 Å². The minimum atomic E-state index is -1.15. The Labute approximate surface area is 130 Å². The molecule has 1 atom stereocenters. The second kappa shape index (κ2) is 7.73. The summed E-state index contributed by atoms with van der Waals surface area (Å²) < 4.78 is 4.72. The average molecular weight is 338 g/mol. The standard InChI is InChI=1S/C12H13Cl2NO4S/c1-19-9(12(17)18)5-15-11(16)6-3-10(20-2)8(14)4-7(6)13/h3-4,9H,5H2,1-2H3,(H,15,16)(H,17,18). The van der Waals surface area contributed by atoms with Crippen molar-refractivity contribution < 1.29 is 19.4 Å². The SMILES string of the molecule is COC(CNC(=O)c1cc(SC)c(Cl)cc1Cl)C(=O)O. The van der Waals surface area contributed by atoms with Crippen molar-refractivity contribution in [2.45, 2.75) is 11.0 Å². The fourth-order valence-electron chi connectivity index (χ4n) is 1.41. The Morgan fingerprint density at radius 2 is 2.05 bits per heavy atom. The smallest absolute Gasteiger partial charge is 0.334 e. The molecule has 0 aromatic heterocycles. The fourth-order valence-corrected chi connectivity index (χ4v) is 2.60. The van der Waals surface area contributed by atoms with Gasteiger partial charge >= 0.3 is 5.97 Å². The summed E-state index contributed by atoms with van der Waals surface area (Å²) in [6, 6.07) is 3.04. The molecule has 110 valence electrons. The van der Waals surface area contributed by atoms with Crippen LogP contribution < -0.4 is 5.32 Å². The van der Waals surface area contributed by atoms with Gasteiger partial charge in [-0.1, -0.05) is 23.2 Å². The van der Waals surface area contributed by atoms with Crippen molar-refractivity contribution >= 4 is 46.8 Å². The van der Waals surface area contributed by atoms with Gasteiger partial charge in [-0.05, 0) is 18.4 Å². The monoisotopic (exact) mass is 337 g/mol. The highest BCUT2D eigenvalue weighted by Gasteiger charge is 2.19. The van der Waals surface area contributed by atoms with Gasteiger partial charge in [-0.15, -0.1) is 11.8 Å². The normalized spacial score (nSPS) is 12.0. The molecule has 1 aromatic rings. The Hall–Kier alpha value is -0.950. The van der Waals surface area contributed by atoms with Crippen LogP contribution in [0.4, 0.5) is 0 Å². The second-order valence-corrected chi connectivity index (χ2v) is 5.40. The number of hydrogen-bond donors (Lipinski definition) is 2. The topological polar surface area (TPSA) is 75.6 Å². The first-order valence-electron chi connectivity index (χ1n) is 5.47. The Balaban J connectivity index is 2.85. The third-order valence-electron chi connectivity index (χ3n) is 2.49. The van der Waals surface area contributed by atoms with Crippen molar-refractivity contribution in [2.75, 3.05) is 19.9 Å². The highest BCUT2D eigenvalue weighted by atomic mass is 35.5. The lowest BCUT2D eigenvalue weighted by Gasteiger charge is -2.13. The molecule has 1 amide bonds. The maximum atomic E-state index is 12.0. The van der Waals surface area contributed by atoms with Gasteiger partial charge in [0.25, 0.3) is 5.91 Å². The van der Waals surface area contributed by atoms with Crippen LogP contribution in [0.5, 0.6) is 0 Å². The summed E-state index contributed by atoms with van der Waals surface area (Å²) in [5, 5.41) is 11.9. The van der Waals surface area contributed by atoms with E-state index in [0.717, 1.165) is 0 Å². The van der Waals surface area contributed by atoms with Gasteiger partial charge in [-0.2, -0.15) is 0 Å². The van der Waals surface area contributed by atoms with Crippen LogP contribution in [0.1, 0.15) is 10.4 Å². The molecule has 0 spiro atoms. The van der Waals surface area contributed by atoms with Crippen molar-refractivity contribution in [1.29, 1.82) is 0 Å². The zero-order valence-corrected chi connectivity index (χ0v) is 13.1. The molecular weight excluding hydrogens is 325 g/mol. The zero-order chi connectivity index (χ0) is 15.3. The van der Waals surface area contributed by atoms with Crippen molar-refractivity contribution in [3.05, 3.63) is 27.7 Å². The number of aliphatic carboxylic acids is 1. The predicted molar refractivity (Wildman–Crippen MR) is 79.0 cm³/mol. The number of amides is 1. The van der Waals surface area contributed by atoms with E-state index < -0.39 is 18.0 Å². The first-order valence-corrected chi connectivity index (χ1v) is 7.45. The summed E-state index contributed by atoms with van der Waals surface area (Å²) in [7, 11) is 1.26. The molecule has 0 aliphatic carbocycles. The molecular formula is C12H13Cl2NO4S. The molecule has 20 heavy (non-hydrogen) atoms. The average Bonchev–Trinajstić information content (AvgIpc) is 2.39. The number of carboxylic acid groups (broad SMARTS) is 1. The van der Waals surface area contributed by atoms with Crippen LogP contribution in [0.25, 0.3) is 0 Å². The van der Waals surface area contributed by atoms with Crippen molar-refractivity contribution in [3.8, 4) is 0 Å². The van der Waals surface area contributed by atoms with E-state index in [9.17, 15) is 9.59 Å². The molecule has 0 saturated heterocycles. The van der Waals surface area contributed by atoms with E-state index in [-0.39, 0.29) is 17.1 Å². The summed E-state index contributed by atoms with van der Waals surface area (Å²) in [4.78, 5) is 23.5. The lowest BCUT2D eigenvalue weighted by molar-refractivity contribution is -0.148. The first-order chi connectivity index (χ1) is 9.40. The molecule has 5 nitrogen and oxygen atoms in total. The van der Waals surface area contributed by atoms with E-state index in [1.54, 1.807) is 6.07 Å². The van der Waals surface area contributed by atoms with Gasteiger partial charge in [0, 0.05) is 12.0 Å². The maximum Gasteiger partial charge on any atom is 0.334 e. The molecule has 0 radical (unpaired) electrons. The third-order valence-corrected chi connectivity index (χ3v) is 4.01.